The third-order valence-electron chi connectivity index (χ3n) is 2.52. The lowest BCUT2D eigenvalue weighted by atomic mass is 10.1. The van der Waals surface area contributed by atoms with Crippen molar-refractivity contribution in [1.82, 2.24) is 15.0 Å². The Kier molecular flexibility index (Phi) is 3.18. The molecule has 2 aromatic rings. The van der Waals surface area contributed by atoms with E-state index in [1.54, 1.807) is 12.4 Å². The highest BCUT2D eigenvalue weighted by molar-refractivity contribution is 5.87. The Labute approximate surface area is 98.9 Å². The van der Waals surface area contributed by atoms with Crippen molar-refractivity contribution in [3.05, 3.63) is 35.9 Å². The van der Waals surface area contributed by atoms with Crippen LogP contribution in [0.4, 0.5) is 0 Å². The van der Waals surface area contributed by atoms with Gasteiger partial charge < -0.3 is 9.72 Å². The summed E-state index contributed by atoms with van der Waals surface area (Å²) in [5, 5.41) is 0. The fourth-order valence-electron chi connectivity index (χ4n) is 1.61. The number of hydrogen-bond acceptors (Lipinski definition) is 4. The van der Waals surface area contributed by atoms with Gasteiger partial charge >= 0.3 is 5.97 Å². The van der Waals surface area contributed by atoms with Crippen molar-refractivity contribution in [2.45, 2.75) is 13.3 Å². The summed E-state index contributed by atoms with van der Waals surface area (Å²) in [5.74, 6) is 0.237. The van der Waals surface area contributed by atoms with Gasteiger partial charge in [0, 0.05) is 18.0 Å². The van der Waals surface area contributed by atoms with Crippen molar-refractivity contribution in [1.29, 1.82) is 0 Å². The molecular weight excluding hydrogens is 218 g/mol. The number of hydrogen-bond donors (Lipinski definition) is 1. The quantitative estimate of drug-likeness (QED) is 0.818. The first-order valence-electron chi connectivity index (χ1n) is 5.32. The number of nitrogens with zero attached hydrogens (tertiary/aromatic N) is 2. The largest absolute Gasteiger partial charge is 0.464 e. The average molecular weight is 231 g/mol. The monoisotopic (exact) mass is 231 g/mol. The van der Waals surface area contributed by atoms with Crippen LogP contribution >= 0.6 is 0 Å². The number of rotatable bonds is 3. The number of carbonyl (C=O) groups excluding carboxylic acids is 1. The van der Waals surface area contributed by atoms with E-state index in [1.807, 2.05) is 13.0 Å². The van der Waals surface area contributed by atoms with Gasteiger partial charge in [-0.1, -0.05) is 6.92 Å². The topological polar surface area (TPSA) is 67.9 Å². The van der Waals surface area contributed by atoms with Crippen molar-refractivity contribution < 1.29 is 9.53 Å². The van der Waals surface area contributed by atoms with Crippen molar-refractivity contribution in [2.75, 3.05) is 7.11 Å². The lowest BCUT2D eigenvalue weighted by Gasteiger charge is -2.03. The predicted molar refractivity (Wildman–Crippen MR) is 62.5 cm³/mol. The minimum atomic E-state index is -0.421. The molecule has 0 bridgehead atoms. The molecule has 5 nitrogen and oxygen atoms in total. The molecule has 0 aliphatic carbocycles. The molecule has 0 unspecified atom stereocenters. The van der Waals surface area contributed by atoms with Crippen molar-refractivity contribution in [2.24, 2.45) is 0 Å². The van der Waals surface area contributed by atoms with E-state index in [0.717, 1.165) is 17.5 Å². The summed E-state index contributed by atoms with van der Waals surface area (Å²) in [7, 11) is 1.34. The van der Waals surface area contributed by atoms with Crippen LogP contribution < -0.4 is 0 Å². The summed E-state index contributed by atoms with van der Waals surface area (Å²) < 4.78 is 4.62. The van der Waals surface area contributed by atoms with Gasteiger partial charge in [-0.15, -0.1) is 0 Å². The van der Waals surface area contributed by atoms with Crippen LogP contribution in [0, 0.1) is 0 Å². The molecule has 0 radical (unpaired) electrons. The number of aromatic amines is 1. The van der Waals surface area contributed by atoms with E-state index in [-0.39, 0.29) is 0 Å². The smallest absolute Gasteiger partial charge is 0.356 e. The van der Waals surface area contributed by atoms with Gasteiger partial charge in [-0.05, 0) is 18.1 Å². The number of aryl methyl sites for hydroxylation is 1. The lowest BCUT2D eigenvalue weighted by molar-refractivity contribution is 0.0595. The van der Waals surface area contributed by atoms with E-state index in [4.69, 9.17) is 0 Å². The van der Waals surface area contributed by atoms with Gasteiger partial charge in [0.1, 0.15) is 11.5 Å². The molecule has 0 amide bonds. The summed E-state index contributed by atoms with van der Waals surface area (Å²) in [4.78, 5) is 22.5. The lowest BCUT2D eigenvalue weighted by Crippen LogP contribution is -2.01. The molecule has 0 aliphatic rings. The number of imidazole rings is 1. The number of carbonyl (C=O) groups is 1. The number of esters is 1. The zero-order valence-corrected chi connectivity index (χ0v) is 9.73. The Morgan fingerprint density at radius 2 is 2.29 bits per heavy atom. The second kappa shape index (κ2) is 4.78. The third-order valence-corrected chi connectivity index (χ3v) is 2.52. The SMILES string of the molecule is CCc1cnccc1-c1ncc(C(=O)OC)[nH]1. The van der Waals surface area contributed by atoms with Crippen LogP contribution in [0.1, 0.15) is 23.0 Å². The Hall–Kier alpha value is -2.17. The summed E-state index contributed by atoms with van der Waals surface area (Å²) >= 11 is 0. The number of pyridine rings is 1. The van der Waals surface area contributed by atoms with Crippen LogP contribution in [-0.4, -0.2) is 28.0 Å². The van der Waals surface area contributed by atoms with Gasteiger partial charge in [-0.3, -0.25) is 4.98 Å². The summed E-state index contributed by atoms with van der Waals surface area (Å²) in [6.07, 6.45) is 5.84. The molecule has 2 heterocycles. The molecule has 2 aromatic heterocycles. The summed E-state index contributed by atoms with van der Waals surface area (Å²) in [6.45, 7) is 2.05. The second-order valence-corrected chi connectivity index (χ2v) is 3.52. The normalized spacial score (nSPS) is 10.2. The third kappa shape index (κ3) is 2.18. The molecule has 5 heteroatoms. The highest BCUT2D eigenvalue weighted by atomic mass is 16.5. The first-order chi connectivity index (χ1) is 8.26. The molecule has 0 saturated heterocycles. The van der Waals surface area contributed by atoms with Gasteiger partial charge in [0.2, 0.25) is 0 Å². The standard InChI is InChI=1S/C12H13N3O2/c1-3-8-6-13-5-4-9(8)11-14-7-10(15-11)12(16)17-2/h4-7H,3H2,1-2H3,(H,14,15). The van der Waals surface area contributed by atoms with Crippen LogP contribution in [0.25, 0.3) is 11.4 Å². The molecule has 17 heavy (non-hydrogen) atoms. The van der Waals surface area contributed by atoms with E-state index >= 15 is 0 Å². The van der Waals surface area contributed by atoms with Crippen molar-refractivity contribution in [3.8, 4) is 11.4 Å². The number of nitrogens with one attached hydrogen (secondary N) is 1. The van der Waals surface area contributed by atoms with E-state index < -0.39 is 5.97 Å². The minimum Gasteiger partial charge on any atom is -0.464 e. The molecule has 0 saturated carbocycles. The maximum Gasteiger partial charge on any atom is 0.356 e. The van der Waals surface area contributed by atoms with Crippen LogP contribution in [-0.2, 0) is 11.2 Å². The van der Waals surface area contributed by atoms with E-state index in [1.165, 1.54) is 13.3 Å². The number of methoxy groups -OCH3 is 1. The van der Waals surface area contributed by atoms with Crippen LogP contribution in [0.5, 0.6) is 0 Å². The zero-order chi connectivity index (χ0) is 12.3. The van der Waals surface area contributed by atoms with Crippen molar-refractivity contribution >= 4 is 5.97 Å². The van der Waals surface area contributed by atoms with E-state index in [9.17, 15) is 4.79 Å². The molecule has 88 valence electrons. The van der Waals surface area contributed by atoms with E-state index in [0.29, 0.717) is 11.5 Å². The van der Waals surface area contributed by atoms with Gasteiger partial charge in [0.15, 0.2) is 0 Å². The van der Waals surface area contributed by atoms with Gasteiger partial charge in [-0.2, -0.15) is 0 Å². The van der Waals surface area contributed by atoms with Crippen LogP contribution in [0.3, 0.4) is 0 Å². The maximum absolute atomic E-state index is 11.3. The Bertz CT molecular complexity index is 534. The summed E-state index contributed by atoms with van der Waals surface area (Å²) in [6, 6.07) is 1.87. The fraction of sp³-hybridized carbons (Fsp3) is 0.250. The Balaban J connectivity index is 2.40. The van der Waals surface area contributed by atoms with Gasteiger partial charge in [-0.25, -0.2) is 9.78 Å². The predicted octanol–water partition coefficient (Wildman–Crippen LogP) is 1.82. The first-order valence-corrected chi connectivity index (χ1v) is 5.32. The number of H-pyrrole nitrogens is 1. The Morgan fingerprint density at radius 3 is 3.00 bits per heavy atom. The minimum absolute atomic E-state index is 0.348. The van der Waals surface area contributed by atoms with E-state index in [2.05, 4.69) is 19.7 Å². The molecule has 1 N–H and O–H groups in total. The van der Waals surface area contributed by atoms with Crippen molar-refractivity contribution in [3.63, 3.8) is 0 Å². The number of aromatic nitrogens is 3. The molecular formula is C12H13N3O2. The number of ether oxygens (including phenoxy) is 1. The maximum atomic E-state index is 11.3. The van der Waals surface area contributed by atoms with Crippen LogP contribution in [0.15, 0.2) is 24.7 Å². The molecule has 0 spiro atoms. The van der Waals surface area contributed by atoms with Crippen LogP contribution in [0.2, 0.25) is 0 Å². The molecule has 0 fully saturated rings. The summed E-state index contributed by atoms with van der Waals surface area (Å²) in [5.41, 5.74) is 2.39. The second-order valence-electron chi connectivity index (χ2n) is 3.52. The molecule has 0 aromatic carbocycles. The fourth-order valence-corrected chi connectivity index (χ4v) is 1.61. The Morgan fingerprint density at radius 1 is 1.47 bits per heavy atom. The average Bonchev–Trinajstić information content (AvgIpc) is 2.87. The van der Waals surface area contributed by atoms with Gasteiger partial charge in [0.05, 0.1) is 13.3 Å². The van der Waals surface area contributed by atoms with Gasteiger partial charge in [0.25, 0.3) is 0 Å². The molecule has 2 rings (SSSR count). The molecule has 0 atom stereocenters. The molecule has 0 aliphatic heterocycles. The highest BCUT2D eigenvalue weighted by Crippen LogP contribution is 2.20. The highest BCUT2D eigenvalue weighted by Gasteiger charge is 2.12. The zero-order valence-electron chi connectivity index (χ0n) is 9.73. The first kappa shape index (κ1) is 11.3.